The molecule has 2 bridgehead atoms. The predicted octanol–water partition coefficient (Wildman–Crippen LogP) is 1.52. The number of amides is 1. The highest BCUT2D eigenvalue weighted by Crippen LogP contribution is 2.35. The largest absolute Gasteiger partial charge is 0.465 e. The number of Topliss-reactive ketones (excluding diaryl/α,β-unsaturated/α-hetero) is 1. The highest BCUT2D eigenvalue weighted by molar-refractivity contribution is 5.83. The molecule has 3 unspecified atom stereocenters. The second-order valence-corrected chi connectivity index (χ2v) is 4.23. The highest BCUT2D eigenvalue weighted by atomic mass is 16.4. The maximum atomic E-state index is 11.7. The van der Waals surface area contributed by atoms with Crippen LogP contribution in [0.3, 0.4) is 0 Å². The molecule has 2 heterocycles. The zero-order valence-corrected chi connectivity index (χ0v) is 8.72. The maximum absolute atomic E-state index is 11.7. The van der Waals surface area contributed by atoms with Crippen LogP contribution in [0.1, 0.15) is 19.8 Å². The summed E-state index contributed by atoms with van der Waals surface area (Å²) in [4.78, 5) is 24.0. The molecule has 15 heavy (non-hydrogen) atoms. The zero-order valence-electron chi connectivity index (χ0n) is 8.72. The number of hydrogen-bond donors (Lipinski definition) is 1. The van der Waals surface area contributed by atoms with Gasteiger partial charge in [0, 0.05) is 18.9 Å². The molecule has 2 aliphatic heterocycles. The van der Waals surface area contributed by atoms with Gasteiger partial charge >= 0.3 is 6.09 Å². The zero-order chi connectivity index (χ0) is 11.0. The minimum absolute atomic E-state index is 0.116. The molecule has 1 fully saturated rings. The first kappa shape index (κ1) is 10.2. The third-order valence-electron chi connectivity index (χ3n) is 3.35. The molecule has 0 saturated carbocycles. The number of carbonyl (C=O) groups is 2. The molecule has 4 nitrogen and oxygen atoms in total. The summed E-state index contributed by atoms with van der Waals surface area (Å²) < 4.78 is 0. The van der Waals surface area contributed by atoms with Crippen molar-refractivity contribution in [2.24, 2.45) is 11.8 Å². The SMILES string of the molecule is CCC(=O)C1CC2C=CC1N(C(=O)O)C2. The van der Waals surface area contributed by atoms with E-state index >= 15 is 0 Å². The second kappa shape index (κ2) is 3.68. The summed E-state index contributed by atoms with van der Waals surface area (Å²) in [5.41, 5.74) is 0. The quantitative estimate of drug-likeness (QED) is 0.701. The van der Waals surface area contributed by atoms with Crippen LogP contribution in [0.2, 0.25) is 0 Å². The number of carboxylic acid groups (broad SMARTS) is 1. The van der Waals surface area contributed by atoms with Gasteiger partial charge in [-0.3, -0.25) is 4.79 Å². The minimum Gasteiger partial charge on any atom is -0.465 e. The lowest BCUT2D eigenvalue weighted by atomic mass is 9.75. The molecular weight excluding hydrogens is 194 g/mol. The van der Waals surface area contributed by atoms with Gasteiger partial charge < -0.3 is 10.0 Å². The van der Waals surface area contributed by atoms with E-state index in [4.69, 9.17) is 5.11 Å². The molecule has 0 spiro atoms. The predicted molar refractivity (Wildman–Crippen MR) is 54.6 cm³/mol. The number of rotatable bonds is 2. The van der Waals surface area contributed by atoms with Crippen molar-refractivity contribution in [3.05, 3.63) is 12.2 Å². The molecule has 0 radical (unpaired) electrons. The fourth-order valence-corrected chi connectivity index (χ4v) is 2.57. The molecule has 3 atom stereocenters. The smallest absolute Gasteiger partial charge is 0.407 e. The number of fused-ring (bicyclic) bond motifs is 2. The average Bonchev–Trinajstić information content (AvgIpc) is 2.28. The van der Waals surface area contributed by atoms with Crippen LogP contribution in [-0.2, 0) is 4.79 Å². The lowest BCUT2D eigenvalue weighted by molar-refractivity contribution is -0.126. The van der Waals surface area contributed by atoms with Gasteiger partial charge in [0.25, 0.3) is 0 Å². The van der Waals surface area contributed by atoms with Gasteiger partial charge in [-0.2, -0.15) is 0 Å². The summed E-state index contributed by atoms with van der Waals surface area (Å²) >= 11 is 0. The Kier molecular flexibility index (Phi) is 2.50. The van der Waals surface area contributed by atoms with Gasteiger partial charge in [0.1, 0.15) is 5.78 Å². The Hall–Kier alpha value is -1.32. The van der Waals surface area contributed by atoms with E-state index in [-0.39, 0.29) is 23.7 Å². The van der Waals surface area contributed by atoms with E-state index in [1.54, 1.807) is 0 Å². The standard InChI is InChI=1S/C11H15NO3/c1-2-10(13)8-5-7-3-4-9(8)12(6-7)11(14)15/h3-4,7-9H,2,5-6H2,1H3,(H,14,15). The molecule has 0 aromatic carbocycles. The molecule has 1 amide bonds. The van der Waals surface area contributed by atoms with Crippen molar-refractivity contribution >= 4 is 11.9 Å². The summed E-state index contributed by atoms with van der Waals surface area (Å²) in [6.45, 7) is 2.38. The first-order chi connectivity index (χ1) is 7.13. The lowest BCUT2D eigenvalue weighted by Gasteiger charge is -2.44. The molecule has 1 N–H and O–H groups in total. The molecule has 3 aliphatic rings. The summed E-state index contributed by atoms with van der Waals surface area (Å²) in [7, 11) is 0. The third kappa shape index (κ3) is 1.64. The maximum Gasteiger partial charge on any atom is 0.407 e. The Labute approximate surface area is 88.6 Å². The van der Waals surface area contributed by atoms with Crippen molar-refractivity contribution in [1.82, 2.24) is 4.90 Å². The van der Waals surface area contributed by atoms with Gasteiger partial charge in [0.05, 0.1) is 6.04 Å². The summed E-state index contributed by atoms with van der Waals surface area (Å²) in [6, 6.07) is -0.222. The van der Waals surface area contributed by atoms with Crippen LogP contribution in [0.4, 0.5) is 4.79 Å². The van der Waals surface area contributed by atoms with Crippen LogP contribution in [0.5, 0.6) is 0 Å². The van der Waals surface area contributed by atoms with Crippen LogP contribution in [0, 0.1) is 11.8 Å². The van der Waals surface area contributed by atoms with Gasteiger partial charge in [-0.1, -0.05) is 19.1 Å². The van der Waals surface area contributed by atoms with Crippen LogP contribution < -0.4 is 0 Å². The van der Waals surface area contributed by atoms with Crippen molar-refractivity contribution < 1.29 is 14.7 Å². The van der Waals surface area contributed by atoms with Crippen molar-refractivity contribution in [3.8, 4) is 0 Å². The summed E-state index contributed by atoms with van der Waals surface area (Å²) in [5.74, 6) is 0.293. The van der Waals surface area contributed by atoms with E-state index in [1.807, 2.05) is 19.1 Å². The van der Waals surface area contributed by atoms with Crippen LogP contribution in [-0.4, -0.2) is 34.5 Å². The Morgan fingerprint density at radius 1 is 1.47 bits per heavy atom. The van der Waals surface area contributed by atoms with Gasteiger partial charge in [0.15, 0.2) is 0 Å². The monoisotopic (exact) mass is 209 g/mol. The number of piperidine rings is 1. The molecule has 0 aromatic heterocycles. The molecule has 1 saturated heterocycles. The van der Waals surface area contributed by atoms with E-state index in [1.165, 1.54) is 4.90 Å². The van der Waals surface area contributed by atoms with Gasteiger partial charge in [-0.15, -0.1) is 0 Å². The first-order valence-electron chi connectivity index (χ1n) is 5.34. The van der Waals surface area contributed by atoms with Crippen molar-refractivity contribution in [3.63, 3.8) is 0 Å². The van der Waals surface area contributed by atoms with Gasteiger partial charge in [-0.25, -0.2) is 4.79 Å². The topological polar surface area (TPSA) is 57.6 Å². The van der Waals surface area contributed by atoms with E-state index in [9.17, 15) is 9.59 Å². The molecule has 3 rings (SSSR count). The van der Waals surface area contributed by atoms with E-state index in [2.05, 4.69) is 0 Å². The molecule has 82 valence electrons. The van der Waals surface area contributed by atoms with Crippen LogP contribution >= 0.6 is 0 Å². The normalized spacial score (nSPS) is 33.1. The van der Waals surface area contributed by atoms with Crippen molar-refractivity contribution in [2.75, 3.05) is 6.54 Å². The van der Waals surface area contributed by atoms with E-state index in [0.29, 0.717) is 13.0 Å². The second-order valence-electron chi connectivity index (χ2n) is 4.23. The van der Waals surface area contributed by atoms with Crippen molar-refractivity contribution in [2.45, 2.75) is 25.8 Å². The number of ketones is 1. The third-order valence-corrected chi connectivity index (χ3v) is 3.35. The Morgan fingerprint density at radius 3 is 2.73 bits per heavy atom. The van der Waals surface area contributed by atoms with Gasteiger partial charge in [0.2, 0.25) is 0 Å². The number of hydrogen-bond acceptors (Lipinski definition) is 2. The van der Waals surface area contributed by atoms with E-state index < -0.39 is 6.09 Å². The lowest BCUT2D eigenvalue weighted by Crippen LogP contribution is -2.54. The van der Waals surface area contributed by atoms with Gasteiger partial charge in [-0.05, 0) is 12.3 Å². The van der Waals surface area contributed by atoms with Crippen LogP contribution in [0.15, 0.2) is 12.2 Å². The highest BCUT2D eigenvalue weighted by Gasteiger charge is 2.42. The fraction of sp³-hybridized carbons (Fsp3) is 0.636. The molecule has 0 aromatic rings. The fourth-order valence-electron chi connectivity index (χ4n) is 2.57. The summed E-state index contributed by atoms with van der Waals surface area (Å²) in [5, 5.41) is 9.01. The number of carbonyl (C=O) groups excluding carboxylic acids is 1. The Morgan fingerprint density at radius 2 is 2.20 bits per heavy atom. The Bertz CT molecular complexity index is 324. The van der Waals surface area contributed by atoms with E-state index in [0.717, 1.165) is 6.42 Å². The average molecular weight is 209 g/mol. The minimum atomic E-state index is -0.914. The van der Waals surface area contributed by atoms with Crippen molar-refractivity contribution in [1.29, 1.82) is 0 Å². The number of nitrogens with zero attached hydrogens (tertiary/aromatic N) is 1. The molecule has 4 heteroatoms. The molecular formula is C11H15NO3. The Balaban J connectivity index is 2.21. The summed E-state index contributed by atoms with van der Waals surface area (Å²) in [6.07, 6.45) is 4.32. The van der Waals surface area contributed by atoms with Crippen LogP contribution in [0.25, 0.3) is 0 Å². The first-order valence-corrected chi connectivity index (χ1v) is 5.34. The molecule has 1 aliphatic carbocycles.